The highest BCUT2D eigenvalue weighted by Crippen LogP contribution is 2.37. The predicted molar refractivity (Wildman–Crippen MR) is 83.7 cm³/mol. The van der Waals surface area contributed by atoms with Crippen molar-refractivity contribution in [2.45, 2.75) is 19.4 Å². The summed E-state index contributed by atoms with van der Waals surface area (Å²) in [5, 5.41) is 8.10. The van der Waals surface area contributed by atoms with E-state index in [9.17, 15) is 4.79 Å². The van der Waals surface area contributed by atoms with Crippen molar-refractivity contribution in [2.75, 3.05) is 7.11 Å². The number of benzene rings is 1. The second-order valence-corrected chi connectivity index (χ2v) is 5.80. The van der Waals surface area contributed by atoms with Crippen LogP contribution in [0.1, 0.15) is 29.8 Å². The van der Waals surface area contributed by atoms with Gasteiger partial charge in [-0.25, -0.2) is 5.01 Å². The number of carbonyl (C=O) groups excluding carboxylic acids is 1. The smallest absolute Gasteiger partial charge is 0.240 e. The standard InChI is InChI=1S/C16H16N2O2S/c1-11(19)18-14(12-6-3-4-7-15(12)20-2)10-13(17-18)16-8-5-9-21-16/h3-9,14H,10H2,1-2H3/t14-/m1/s1. The summed E-state index contributed by atoms with van der Waals surface area (Å²) in [7, 11) is 1.65. The molecule has 0 radical (unpaired) electrons. The Labute approximate surface area is 127 Å². The molecule has 1 atom stereocenters. The molecule has 3 rings (SSSR count). The molecule has 108 valence electrons. The van der Waals surface area contributed by atoms with Crippen LogP contribution in [-0.4, -0.2) is 23.7 Å². The third-order valence-corrected chi connectivity index (χ3v) is 4.46. The van der Waals surface area contributed by atoms with Crippen molar-refractivity contribution in [3.05, 3.63) is 52.2 Å². The third-order valence-electron chi connectivity index (χ3n) is 3.54. The average Bonchev–Trinajstić information content (AvgIpc) is 3.16. The van der Waals surface area contributed by atoms with E-state index in [1.807, 2.05) is 41.8 Å². The minimum absolute atomic E-state index is 0.0579. The van der Waals surface area contributed by atoms with Gasteiger partial charge in [-0.05, 0) is 17.5 Å². The Morgan fingerprint density at radius 3 is 2.81 bits per heavy atom. The Hall–Kier alpha value is -2.14. The zero-order valence-electron chi connectivity index (χ0n) is 11.9. The maximum absolute atomic E-state index is 11.9. The first-order chi connectivity index (χ1) is 10.2. The van der Waals surface area contributed by atoms with Crippen LogP contribution in [-0.2, 0) is 4.79 Å². The van der Waals surface area contributed by atoms with E-state index in [-0.39, 0.29) is 11.9 Å². The van der Waals surface area contributed by atoms with Gasteiger partial charge in [0.1, 0.15) is 5.75 Å². The molecule has 1 aromatic heterocycles. The van der Waals surface area contributed by atoms with E-state index < -0.39 is 0 Å². The molecule has 2 aromatic rings. The summed E-state index contributed by atoms with van der Waals surface area (Å²) in [6.45, 7) is 1.54. The fraction of sp³-hybridized carbons (Fsp3) is 0.250. The highest BCUT2D eigenvalue weighted by atomic mass is 32.1. The molecule has 1 aliphatic rings. The van der Waals surface area contributed by atoms with Gasteiger partial charge in [0.25, 0.3) is 0 Å². The summed E-state index contributed by atoms with van der Waals surface area (Å²) in [6.07, 6.45) is 0.709. The van der Waals surface area contributed by atoms with Crippen LogP contribution in [0, 0.1) is 0 Å². The topological polar surface area (TPSA) is 41.9 Å². The van der Waals surface area contributed by atoms with Crippen LogP contribution in [0.25, 0.3) is 0 Å². The molecule has 0 aliphatic carbocycles. The van der Waals surface area contributed by atoms with E-state index in [1.165, 1.54) is 0 Å². The van der Waals surface area contributed by atoms with Crippen molar-refractivity contribution in [1.29, 1.82) is 0 Å². The molecule has 0 bridgehead atoms. The fourth-order valence-electron chi connectivity index (χ4n) is 2.58. The summed E-state index contributed by atoms with van der Waals surface area (Å²) < 4.78 is 5.43. The van der Waals surface area contributed by atoms with Gasteiger partial charge in [-0.15, -0.1) is 11.3 Å². The largest absolute Gasteiger partial charge is 0.496 e. The summed E-state index contributed by atoms with van der Waals surface area (Å²) in [5.41, 5.74) is 1.95. The van der Waals surface area contributed by atoms with Gasteiger partial charge < -0.3 is 4.74 Å². The van der Waals surface area contributed by atoms with E-state index >= 15 is 0 Å². The van der Waals surface area contributed by atoms with Gasteiger partial charge in [0, 0.05) is 18.9 Å². The summed E-state index contributed by atoms with van der Waals surface area (Å²) in [5.74, 6) is 0.730. The molecular weight excluding hydrogens is 284 g/mol. The molecule has 1 amide bonds. The lowest BCUT2D eigenvalue weighted by atomic mass is 10.00. The Morgan fingerprint density at radius 1 is 1.33 bits per heavy atom. The van der Waals surface area contributed by atoms with Gasteiger partial charge >= 0.3 is 0 Å². The van der Waals surface area contributed by atoms with E-state index in [0.717, 1.165) is 21.9 Å². The van der Waals surface area contributed by atoms with Crippen LogP contribution in [0.3, 0.4) is 0 Å². The Kier molecular flexibility index (Phi) is 3.75. The number of methoxy groups -OCH3 is 1. The zero-order valence-corrected chi connectivity index (χ0v) is 12.8. The molecule has 0 spiro atoms. The number of amides is 1. The van der Waals surface area contributed by atoms with E-state index in [0.29, 0.717) is 6.42 Å². The average molecular weight is 300 g/mol. The Morgan fingerprint density at radius 2 is 2.14 bits per heavy atom. The molecule has 1 aliphatic heterocycles. The van der Waals surface area contributed by atoms with Gasteiger partial charge in [-0.1, -0.05) is 24.3 Å². The monoisotopic (exact) mass is 300 g/mol. The molecule has 21 heavy (non-hydrogen) atoms. The number of rotatable bonds is 3. The number of para-hydroxylation sites is 1. The van der Waals surface area contributed by atoms with Crippen LogP contribution < -0.4 is 4.74 Å². The number of hydrogen-bond acceptors (Lipinski definition) is 4. The SMILES string of the molecule is COc1ccccc1[C@H]1CC(c2cccs2)=NN1C(C)=O. The molecule has 0 fully saturated rings. The van der Waals surface area contributed by atoms with Gasteiger partial charge in [-0.2, -0.15) is 5.10 Å². The van der Waals surface area contributed by atoms with Crippen LogP contribution in [0.5, 0.6) is 5.75 Å². The zero-order chi connectivity index (χ0) is 14.8. The molecule has 0 saturated heterocycles. The number of thiophene rings is 1. The number of nitrogens with zero attached hydrogens (tertiary/aromatic N) is 2. The Balaban J connectivity index is 1.98. The minimum Gasteiger partial charge on any atom is -0.496 e. The van der Waals surface area contributed by atoms with Crippen LogP contribution >= 0.6 is 11.3 Å². The lowest BCUT2D eigenvalue weighted by molar-refractivity contribution is -0.130. The molecule has 0 N–H and O–H groups in total. The highest BCUT2D eigenvalue weighted by molar-refractivity contribution is 7.12. The second kappa shape index (κ2) is 5.69. The summed E-state index contributed by atoms with van der Waals surface area (Å²) >= 11 is 1.64. The predicted octanol–water partition coefficient (Wildman–Crippen LogP) is 3.45. The number of ether oxygens (including phenoxy) is 1. The molecule has 1 aromatic carbocycles. The van der Waals surface area contributed by atoms with Crippen LogP contribution in [0.2, 0.25) is 0 Å². The molecular formula is C16H16N2O2S. The molecule has 0 saturated carbocycles. The van der Waals surface area contributed by atoms with Crippen molar-refractivity contribution in [1.82, 2.24) is 5.01 Å². The van der Waals surface area contributed by atoms with Crippen molar-refractivity contribution < 1.29 is 9.53 Å². The van der Waals surface area contributed by atoms with Gasteiger partial charge in [0.15, 0.2) is 0 Å². The lowest BCUT2D eigenvalue weighted by Crippen LogP contribution is -2.24. The Bertz CT molecular complexity index is 679. The maximum Gasteiger partial charge on any atom is 0.240 e. The first kappa shape index (κ1) is 13.8. The maximum atomic E-state index is 11.9. The van der Waals surface area contributed by atoms with Crippen molar-refractivity contribution in [3.63, 3.8) is 0 Å². The third kappa shape index (κ3) is 2.56. The van der Waals surface area contributed by atoms with Gasteiger partial charge in [-0.3, -0.25) is 4.79 Å². The summed E-state index contributed by atoms with van der Waals surface area (Å²) in [6, 6.07) is 11.7. The quantitative estimate of drug-likeness (QED) is 0.871. The van der Waals surface area contributed by atoms with E-state index in [2.05, 4.69) is 5.10 Å². The van der Waals surface area contributed by atoms with Crippen LogP contribution in [0.4, 0.5) is 0 Å². The lowest BCUT2D eigenvalue weighted by Gasteiger charge is -2.22. The number of hydrogen-bond donors (Lipinski definition) is 0. The number of hydrazone groups is 1. The first-order valence-electron chi connectivity index (χ1n) is 6.74. The normalized spacial score (nSPS) is 17.7. The summed E-state index contributed by atoms with van der Waals surface area (Å²) in [4.78, 5) is 13.0. The minimum atomic E-state index is -0.101. The molecule has 4 nitrogen and oxygen atoms in total. The van der Waals surface area contributed by atoms with Crippen molar-refractivity contribution in [2.24, 2.45) is 5.10 Å². The number of carbonyl (C=O) groups is 1. The van der Waals surface area contributed by atoms with Crippen LogP contribution in [0.15, 0.2) is 46.9 Å². The second-order valence-electron chi connectivity index (χ2n) is 4.85. The van der Waals surface area contributed by atoms with Crippen molar-refractivity contribution >= 4 is 23.0 Å². The highest BCUT2D eigenvalue weighted by Gasteiger charge is 2.33. The molecule has 5 heteroatoms. The fourth-order valence-corrected chi connectivity index (χ4v) is 3.30. The first-order valence-corrected chi connectivity index (χ1v) is 7.62. The van der Waals surface area contributed by atoms with Gasteiger partial charge in [0.2, 0.25) is 5.91 Å². The van der Waals surface area contributed by atoms with E-state index in [4.69, 9.17) is 4.74 Å². The van der Waals surface area contributed by atoms with Crippen molar-refractivity contribution in [3.8, 4) is 5.75 Å². The molecule has 2 heterocycles. The van der Waals surface area contributed by atoms with Gasteiger partial charge in [0.05, 0.1) is 23.7 Å². The molecule has 0 unspecified atom stereocenters. The van der Waals surface area contributed by atoms with E-state index in [1.54, 1.807) is 30.4 Å².